The number of ether oxygens (including phenoxy) is 4. The number of hydrogen-bond acceptors (Lipinski definition) is 12. The number of benzene rings is 6. The van der Waals surface area contributed by atoms with Crippen molar-refractivity contribution in [2.45, 2.75) is 13.8 Å². The van der Waals surface area contributed by atoms with Crippen LogP contribution >= 0.6 is 0 Å². The molecule has 0 aliphatic carbocycles. The molecule has 6 heterocycles. The van der Waals surface area contributed by atoms with Crippen LogP contribution in [0.25, 0.3) is 22.5 Å². The zero-order chi connectivity index (χ0) is 41.5. The van der Waals surface area contributed by atoms with Crippen LogP contribution < -0.4 is 28.7 Å². The number of hydrogen-bond donors (Lipinski definition) is 1. The quantitative estimate of drug-likeness (QED) is 0.103. The van der Waals surface area contributed by atoms with E-state index in [-0.39, 0.29) is 51.8 Å². The van der Waals surface area contributed by atoms with Gasteiger partial charge in [0.1, 0.15) is 23.0 Å². The van der Waals surface area contributed by atoms with E-state index >= 15 is 0 Å². The minimum Gasteiger partial charge on any atom is -0.512 e. The van der Waals surface area contributed by atoms with Crippen LogP contribution in [0.4, 0.5) is 34.1 Å². The summed E-state index contributed by atoms with van der Waals surface area (Å²) in [7, 11) is 0. The molecule has 8 aromatic rings. The molecule has 0 saturated carbocycles. The fourth-order valence-corrected chi connectivity index (χ4v) is 7.34. The number of fused-ring (bicyclic) bond motifs is 8. The number of ketones is 1. The predicted octanol–water partition coefficient (Wildman–Crippen LogP) is 12.3. The molecule has 0 atom stereocenters. The molecule has 12 nitrogen and oxygen atoms in total. The van der Waals surface area contributed by atoms with Crippen molar-refractivity contribution >= 4 is 39.9 Å². The van der Waals surface area contributed by atoms with Crippen molar-refractivity contribution in [3.8, 4) is 68.5 Å². The van der Waals surface area contributed by atoms with E-state index in [2.05, 4.69) is 41.9 Å². The van der Waals surface area contributed by atoms with Crippen LogP contribution in [0.2, 0.25) is 0 Å². The molecule has 14 heteroatoms. The standard InChI is InChI=1S/2C22H12N3O2.C5H8O2.2Ir/c2*1-3-7-18-16(5-1)25-17-6-2-4-8-19(17)27-21-12-14(11-20(26-18)22(21)25)15-13-23-9-10-24-15;1-4(6)3-5(2)7;;/h2*1-11,13H;3,6H,1-2H3;;/q2*-1;;;. The van der Waals surface area contributed by atoms with Gasteiger partial charge in [-0.25, -0.2) is 0 Å². The van der Waals surface area contributed by atoms with Crippen LogP contribution in [0.5, 0.6) is 46.0 Å². The van der Waals surface area contributed by atoms with Crippen LogP contribution in [-0.2, 0) is 45.0 Å². The van der Waals surface area contributed by atoms with Crippen molar-refractivity contribution in [1.29, 1.82) is 0 Å². The molecule has 1 N–H and O–H groups in total. The summed E-state index contributed by atoms with van der Waals surface area (Å²) in [4.78, 5) is 31.4. The Morgan fingerprint density at radius 1 is 0.540 bits per heavy atom. The Morgan fingerprint density at radius 3 is 1.22 bits per heavy atom. The monoisotopic (exact) mass is 1190 g/mol. The number of aromatic nitrogens is 4. The predicted molar refractivity (Wildman–Crippen MR) is 229 cm³/mol. The van der Waals surface area contributed by atoms with Crippen LogP contribution in [0, 0.1) is 12.1 Å². The van der Waals surface area contributed by atoms with E-state index in [4.69, 9.17) is 24.1 Å². The smallest absolute Gasteiger partial charge is 0.155 e. The molecule has 0 bridgehead atoms. The van der Waals surface area contributed by atoms with E-state index in [1.54, 1.807) is 37.2 Å². The Kier molecular flexibility index (Phi) is 12.2. The molecule has 0 fully saturated rings. The van der Waals surface area contributed by atoms with E-state index < -0.39 is 0 Å². The minimum atomic E-state index is -0.125. The third-order valence-corrected chi connectivity index (χ3v) is 9.77. The zero-order valence-corrected chi connectivity index (χ0v) is 38.1. The Bertz CT molecular complexity index is 2690. The zero-order valence-electron chi connectivity index (χ0n) is 33.3. The molecule has 4 aliphatic heterocycles. The van der Waals surface area contributed by atoms with Crippen LogP contribution in [0.1, 0.15) is 13.8 Å². The van der Waals surface area contributed by atoms with Gasteiger partial charge in [0.15, 0.2) is 5.78 Å². The van der Waals surface area contributed by atoms with Gasteiger partial charge in [-0.3, -0.25) is 14.8 Å². The number of allylic oxidation sites excluding steroid dienone is 2. The minimum absolute atomic E-state index is 0. The van der Waals surface area contributed by atoms with Gasteiger partial charge in [-0.15, -0.1) is 11.1 Å². The molecule has 0 spiro atoms. The van der Waals surface area contributed by atoms with Gasteiger partial charge in [-0.1, -0.05) is 72.8 Å². The molecule has 2 radical (unpaired) electrons. The largest absolute Gasteiger partial charge is 0.512 e. The second-order valence-corrected chi connectivity index (χ2v) is 14.0. The van der Waals surface area contributed by atoms with Crippen molar-refractivity contribution < 1.29 is 69.1 Å². The number of aliphatic hydroxyl groups is 1. The van der Waals surface area contributed by atoms with Crippen molar-refractivity contribution in [1.82, 2.24) is 19.9 Å². The van der Waals surface area contributed by atoms with Crippen molar-refractivity contribution in [3.63, 3.8) is 0 Å². The first-order valence-electron chi connectivity index (χ1n) is 19.2. The van der Waals surface area contributed by atoms with Gasteiger partial charge in [-0.2, -0.15) is 0 Å². The molecular weight excluding hydrogens is 1150 g/mol. The van der Waals surface area contributed by atoms with Crippen LogP contribution in [0.3, 0.4) is 0 Å². The van der Waals surface area contributed by atoms with Gasteiger partial charge >= 0.3 is 0 Å². The average molecular weight is 1190 g/mol. The third-order valence-electron chi connectivity index (χ3n) is 9.77. The fraction of sp³-hybridized carbons (Fsp3) is 0.0408. The maximum Gasteiger partial charge on any atom is 0.155 e. The Morgan fingerprint density at radius 2 is 0.905 bits per heavy atom. The summed E-state index contributed by atoms with van der Waals surface area (Å²) in [6, 6.07) is 42.4. The van der Waals surface area contributed by atoms with E-state index in [0.717, 1.165) is 68.2 Å². The summed E-state index contributed by atoms with van der Waals surface area (Å²) in [6.07, 6.45) is 11.2. The molecule has 4 aliphatic rings. The number of rotatable bonds is 3. The molecule has 0 amide bonds. The van der Waals surface area contributed by atoms with Crippen LogP contribution in [-0.4, -0.2) is 30.8 Å². The van der Waals surface area contributed by atoms with Gasteiger partial charge < -0.3 is 43.8 Å². The van der Waals surface area contributed by atoms with Gasteiger partial charge in [0.05, 0.1) is 51.5 Å². The molecule has 0 saturated heterocycles. The summed E-state index contributed by atoms with van der Waals surface area (Å²) >= 11 is 0. The Hall–Kier alpha value is -7.21. The van der Waals surface area contributed by atoms with Crippen molar-refractivity contribution in [2.24, 2.45) is 0 Å². The number of anilines is 6. The van der Waals surface area contributed by atoms with Gasteiger partial charge in [0, 0.05) is 106 Å². The molecule has 2 aromatic heterocycles. The fourth-order valence-electron chi connectivity index (χ4n) is 7.34. The normalized spacial score (nSPS) is 12.4. The first-order chi connectivity index (χ1) is 29.9. The number of carbonyl (C=O) groups is 1. The first kappa shape index (κ1) is 42.5. The van der Waals surface area contributed by atoms with Gasteiger partial charge in [0.25, 0.3) is 0 Å². The molecule has 12 rings (SSSR count). The van der Waals surface area contributed by atoms with Gasteiger partial charge in [0.2, 0.25) is 0 Å². The number of nitrogens with zero attached hydrogens (tertiary/aromatic N) is 6. The second kappa shape index (κ2) is 18.0. The summed E-state index contributed by atoms with van der Waals surface area (Å²) in [5.41, 5.74) is 8.57. The van der Waals surface area contributed by atoms with Crippen molar-refractivity contribution in [2.75, 3.05) is 9.80 Å². The maximum absolute atomic E-state index is 10.0. The summed E-state index contributed by atoms with van der Waals surface area (Å²) in [5, 5.41) is 8.36. The summed E-state index contributed by atoms with van der Waals surface area (Å²) < 4.78 is 24.8. The topological polar surface area (TPSA) is 132 Å². The SMILES string of the molecule is CC(=O)C=C(C)O.[Ir].[Ir].[c-]1c(-c2cnccn2)cc2c3c1Oc1ccccc1N3c1ccccc1O2.[c-]1c(-c2cnccn2)cc2c3c1Oc1ccccc1N3c1ccccc1O2. The molecule has 314 valence electrons. The first-order valence-corrected chi connectivity index (χ1v) is 19.2. The molecule has 63 heavy (non-hydrogen) atoms. The van der Waals surface area contributed by atoms with E-state index in [1.807, 2.05) is 109 Å². The summed E-state index contributed by atoms with van der Waals surface area (Å²) in [5.74, 6) is 5.72. The Labute approximate surface area is 389 Å². The van der Waals surface area contributed by atoms with E-state index in [0.29, 0.717) is 34.4 Å². The number of carbonyl (C=O) groups excluding carboxylic acids is 1. The second-order valence-electron chi connectivity index (χ2n) is 14.0. The van der Waals surface area contributed by atoms with Gasteiger partial charge in [-0.05, 0) is 62.4 Å². The average Bonchev–Trinajstić information content (AvgIpc) is 3.29. The van der Waals surface area contributed by atoms with Crippen LogP contribution in [0.15, 0.2) is 158 Å². The van der Waals surface area contributed by atoms with Crippen molar-refractivity contribution in [3.05, 3.63) is 170 Å². The molecular formula is C49H32Ir2N6O6-2. The summed E-state index contributed by atoms with van der Waals surface area (Å²) in [6.45, 7) is 2.85. The number of para-hydroxylation sites is 8. The van der Waals surface area contributed by atoms with E-state index in [1.165, 1.54) is 19.9 Å². The maximum atomic E-state index is 10.0. The number of aliphatic hydroxyl groups excluding tert-OH is 1. The molecule has 6 aromatic carbocycles. The molecule has 0 unspecified atom stereocenters. The van der Waals surface area contributed by atoms with E-state index in [9.17, 15) is 4.79 Å². The third kappa shape index (κ3) is 8.16. The Balaban J connectivity index is 0.000000147.